The molecule has 1 heterocycles. The van der Waals surface area contributed by atoms with Crippen molar-refractivity contribution in [3.63, 3.8) is 0 Å². The van der Waals surface area contributed by atoms with Crippen molar-refractivity contribution < 1.29 is 9.53 Å². The van der Waals surface area contributed by atoms with Gasteiger partial charge in [0.05, 0.1) is 0 Å². The summed E-state index contributed by atoms with van der Waals surface area (Å²) in [5.41, 5.74) is 1.31. The number of unbranched alkanes of at least 4 members (excludes halogenated alkanes) is 2. The number of nitrogens with one attached hydrogen (secondary N) is 2. The van der Waals surface area contributed by atoms with Gasteiger partial charge in [0.1, 0.15) is 6.61 Å². The van der Waals surface area contributed by atoms with Crippen molar-refractivity contribution in [3.05, 3.63) is 11.6 Å². The number of halogens is 1. The maximum absolute atomic E-state index is 11.4. The lowest BCUT2D eigenvalue weighted by Crippen LogP contribution is -2.32. The van der Waals surface area contributed by atoms with E-state index in [9.17, 15) is 4.79 Å². The average molecular weight is 277 g/mol. The number of hydrogen-bond acceptors (Lipinski definition) is 3. The van der Waals surface area contributed by atoms with Crippen LogP contribution in [0.25, 0.3) is 0 Å². The predicted molar refractivity (Wildman–Crippen MR) is 76.2 cm³/mol. The highest BCUT2D eigenvalue weighted by Gasteiger charge is 2.05. The highest BCUT2D eigenvalue weighted by Crippen LogP contribution is 2.01. The van der Waals surface area contributed by atoms with Gasteiger partial charge in [0, 0.05) is 19.7 Å². The summed E-state index contributed by atoms with van der Waals surface area (Å²) in [4.78, 5) is 11.4. The molecule has 0 atom stereocenters. The summed E-state index contributed by atoms with van der Waals surface area (Å²) >= 11 is 0. The highest BCUT2D eigenvalue weighted by atomic mass is 35.5. The van der Waals surface area contributed by atoms with Crippen LogP contribution in [-0.2, 0) is 9.53 Å². The van der Waals surface area contributed by atoms with E-state index in [4.69, 9.17) is 4.74 Å². The van der Waals surface area contributed by atoms with Gasteiger partial charge in [0.15, 0.2) is 0 Å². The first kappa shape index (κ1) is 17.4. The lowest BCUT2D eigenvalue weighted by Gasteiger charge is -2.14. The van der Waals surface area contributed by atoms with Crippen LogP contribution in [0.5, 0.6) is 0 Å². The second-order valence-electron chi connectivity index (χ2n) is 4.35. The van der Waals surface area contributed by atoms with Crippen LogP contribution in [-0.4, -0.2) is 38.8 Å². The number of amides is 1. The zero-order valence-electron chi connectivity index (χ0n) is 11.2. The number of carbonyl (C=O) groups is 1. The summed E-state index contributed by atoms with van der Waals surface area (Å²) < 4.78 is 5.29. The summed E-state index contributed by atoms with van der Waals surface area (Å²) in [5.74, 6) is -0.0130. The summed E-state index contributed by atoms with van der Waals surface area (Å²) in [6.07, 6.45) is 6.56. The monoisotopic (exact) mass is 276 g/mol. The summed E-state index contributed by atoms with van der Waals surface area (Å²) in [7, 11) is 0. The molecule has 106 valence electrons. The van der Waals surface area contributed by atoms with Crippen LogP contribution in [0.2, 0.25) is 0 Å². The van der Waals surface area contributed by atoms with Gasteiger partial charge >= 0.3 is 0 Å². The van der Waals surface area contributed by atoms with Gasteiger partial charge < -0.3 is 15.4 Å². The van der Waals surface area contributed by atoms with E-state index in [2.05, 4.69) is 23.6 Å². The molecule has 0 unspecified atom stereocenters. The van der Waals surface area contributed by atoms with Crippen molar-refractivity contribution in [3.8, 4) is 0 Å². The smallest absolute Gasteiger partial charge is 0.246 e. The van der Waals surface area contributed by atoms with Crippen LogP contribution in [0.15, 0.2) is 11.6 Å². The fourth-order valence-corrected chi connectivity index (χ4v) is 1.71. The fraction of sp³-hybridized carbons (Fsp3) is 0.769. The molecule has 0 saturated heterocycles. The normalized spacial score (nSPS) is 14.6. The number of carbonyl (C=O) groups excluding carboxylic acids is 1. The predicted octanol–water partition coefficient (Wildman–Crippen LogP) is 1.65. The molecule has 0 aliphatic carbocycles. The molecule has 2 N–H and O–H groups in total. The third-order valence-corrected chi connectivity index (χ3v) is 2.80. The van der Waals surface area contributed by atoms with Gasteiger partial charge in [0.2, 0.25) is 5.91 Å². The number of rotatable bonds is 8. The SMILES string of the molecule is CCCCCOCC(=O)NCC1=CCNCC1.Cl. The minimum Gasteiger partial charge on any atom is -0.372 e. The molecule has 0 aromatic heterocycles. The zero-order valence-corrected chi connectivity index (χ0v) is 12.0. The third kappa shape index (κ3) is 8.50. The Balaban J connectivity index is 0.00000289. The summed E-state index contributed by atoms with van der Waals surface area (Å²) in [6.45, 7) is 5.62. The zero-order chi connectivity index (χ0) is 12.3. The molecule has 0 saturated carbocycles. The van der Waals surface area contributed by atoms with Crippen molar-refractivity contribution in [1.29, 1.82) is 0 Å². The molecule has 4 nitrogen and oxygen atoms in total. The molecule has 1 rings (SSSR count). The van der Waals surface area contributed by atoms with Crippen molar-refractivity contribution in [2.75, 3.05) is 32.8 Å². The van der Waals surface area contributed by atoms with Crippen molar-refractivity contribution >= 4 is 18.3 Å². The first-order valence-corrected chi connectivity index (χ1v) is 6.56. The van der Waals surface area contributed by atoms with Gasteiger partial charge in [0.25, 0.3) is 0 Å². The average Bonchev–Trinajstić information content (AvgIpc) is 2.37. The lowest BCUT2D eigenvalue weighted by molar-refractivity contribution is -0.125. The minimum absolute atomic E-state index is 0. The van der Waals surface area contributed by atoms with Crippen LogP contribution in [0.3, 0.4) is 0 Å². The van der Waals surface area contributed by atoms with Gasteiger partial charge in [-0.1, -0.05) is 31.4 Å². The molecule has 0 spiro atoms. The number of ether oxygens (including phenoxy) is 1. The van der Waals surface area contributed by atoms with Crippen LogP contribution in [0.1, 0.15) is 32.6 Å². The standard InChI is InChI=1S/C13H24N2O2.ClH/c1-2-3-4-9-17-11-13(16)15-10-12-5-7-14-8-6-12;/h5,14H,2-4,6-11H2,1H3,(H,15,16);1H. The molecule has 0 radical (unpaired) electrons. The second-order valence-corrected chi connectivity index (χ2v) is 4.35. The van der Waals surface area contributed by atoms with Crippen LogP contribution >= 0.6 is 12.4 Å². The minimum atomic E-state index is -0.0130. The van der Waals surface area contributed by atoms with E-state index in [0.717, 1.165) is 25.9 Å². The molecule has 18 heavy (non-hydrogen) atoms. The van der Waals surface area contributed by atoms with Crippen LogP contribution in [0, 0.1) is 0 Å². The Kier molecular flexibility index (Phi) is 11.1. The van der Waals surface area contributed by atoms with E-state index < -0.39 is 0 Å². The maximum atomic E-state index is 11.4. The molecule has 5 heteroatoms. The van der Waals surface area contributed by atoms with Crippen molar-refractivity contribution in [2.45, 2.75) is 32.6 Å². The molecule has 1 amide bonds. The van der Waals surface area contributed by atoms with E-state index in [0.29, 0.717) is 13.2 Å². The van der Waals surface area contributed by atoms with E-state index in [1.54, 1.807) is 0 Å². The molecule has 0 fully saturated rings. The second kappa shape index (κ2) is 11.5. The molecule has 1 aliphatic heterocycles. The summed E-state index contributed by atoms with van der Waals surface area (Å²) in [5, 5.41) is 6.13. The number of hydrogen-bond donors (Lipinski definition) is 2. The van der Waals surface area contributed by atoms with E-state index in [1.807, 2.05) is 0 Å². The van der Waals surface area contributed by atoms with E-state index >= 15 is 0 Å². The van der Waals surface area contributed by atoms with Gasteiger partial charge in [-0.25, -0.2) is 0 Å². The molecule has 0 aromatic rings. The van der Waals surface area contributed by atoms with Crippen molar-refractivity contribution in [1.82, 2.24) is 10.6 Å². The third-order valence-electron chi connectivity index (χ3n) is 2.80. The molecule has 0 bridgehead atoms. The Bertz CT molecular complexity index is 257. The largest absolute Gasteiger partial charge is 0.372 e. The quantitative estimate of drug-likeness (QED) is 0.524. The van der Waals surface area contributed by atoms with Crippen molar-refractivity contribution in [2.24, 2.45) is 0 Å². The molecule has 1 aliphatic rings. The van der Waals surface area contributed by atoms with Gasteiger partial charge in [-0.05, 0) is 19.4 Å². The first-order chi connectivity index (χ1) is 8.33. The van der Waals surface area contributed by atoms with E-state index in [1.165, 1.54) is 18.4 Å². The fourth-order valence-electron chi connectivity index (χ4n) is 1.71. The van der Waals surface area contributed by atoms with Gasteiger partial charge in [-0.15, -0.1) is 12.4 Å². The Morgan fingerprint density at radius 1 is 1.50 bits per heavy atom. The van der Waals surface area contributed by atoms with Crippen LogP contribution in [0.4, 0.5) is 0 Å². The van der Waals surface area contributed by atoms with E-state index in [-0.39, 0.29) is 24.9 Å². The Labute approximate surface area is 116 Å². The maximum Gasteiger partial charge on any atom is 0.246 e. The van der Waals surface area contributed by atoms with Gasteiger partial charge in [-0.2, -0.15) is 0 Å². The molecular weight excluding hydrogens is 252 g/mol. The lowest BCUT2D eigenvalue weighted by atomic mass is 10.1. The highest BCUT2D eigenvalue weighted by molar-refractivity contribution is 5.85. The first-order valence-electron chi connectivity index (χ1n) is 6.56. The van der Waals surface area contributed by atoms with Gasteiger partial charge in [-0.3, -0.25) is 4.79 Å². The topological polar surface area (TPSA) is 50.4 Å². The Morgan fingerprint density at radius 2 is 2.33 bits per heavy atom. The Morgan fingerprint density at radius 3 is 3.00 bits per heavy atom. The molecule has 0 aromatic carbocycles. The van der Waals surface area contributed by atoms with Crippen LogP contribution < -0.4 is 10.6 Å². The Hall–Kier alpha value is -0.580. The summed E-state index contributed by atoms with van der Waals surface area (Å²) in [6, 6.07) is 0. The molecular formula is C13H25ClN2O2.